The van der Waals surface area contributed by atoms with Crippen LogP contribution in [0.4, 0.5) is 4.39 Å². The first kappa shape index (κ1) is 11.4. The number of carbonyl (C=O) groups is 1. The van der Waals surface area contributed by atoms with Gasteiger partial charge >= 0.3 is 5.97 Å². The predicted octanol–water partition coefficient (Wildman–Crippen LogP) is 2.77. The van der Waals surface area contributed by atoms with Gasteiger partial charge in [-0.2, -0.15) is 0 Å². The van der Waals surface area contributed by atoms with E-state index in [2.05, 4.69) is 6.92 Å². The lowest BCUT2D eigenvalue weighted by Crippen LogP contribution is -2.07. The molecule has 1 atom stereocenters. The van der Waals surface area contributed by atoms with E-state index in [-0.39, 0.29) is 6.42 Å². The molecule has 12 heavy (non-hydrogen) atoms. The molecule has 0 aliphatic rings. The number of hydrogen-bond acceptors (Lipinski definition) is 1. The number of carboxylic acid groups (broad SMARTS) is 1. The summed E-state index contributed by atoms with van der Waals surface area (Å²) in [7, 11) is 0. The van der Waals surface area contributed by atoms with Gasteiger partial charge in [0, 0.05) is 0 Å². The van der Waals surface area contributed by atoms with E-state index in [1.165, 1.54) is 0 Å². The maximum atomic E-state index is 12.7. The number of aliphatic carboxylic acids is 1. The highest BCUT2D eigenvalue weighted by Crippen LogP contribution is 2.10. The Labute approximate surface area is 72.8 Å². The van der Waals surface area contributed by atoms with E-state index in [4.69, 9.17) is 5.11 Å². The normalized spacial score (nSPS) is 12.8. The molecule has 0 aliphatic carbocycles. The SMILES string of the molecule is CCCCCCC(F)CC(=O)O. The number of alkyl halides is 1. The maximum Gasteiger partial charge on any atom is 0.306 e. The Morgan fingerprint density at radius 2 is 2.08 bits per heavy atom. The van der Waals surface area contributed by atoms with Crippen molar-refractivity contribution in [3.8, 4) is 0 Å². The van der Waals surface area contributed by atoms with Crippen LogP contribution in [0.25, 0.3) is 0 Å². The second-order valence-electron chi connectivity index (χ2n) is 3.04. The largest absolute Gasteiger partial charge is 0.481 e. The molecule has 0 aromatic carbocycles. The maximum absolute atomic E-state index is 12.7. The Kier molecular flexibility index (Phi) is 6.72. The van der Waals surface area contributed by atoms with Crippen LogP contribution in [0.2, 0.25) is 0 Å². The van der Waals surface area contributed by atoms with Crippen LogP contribution in [-0.4, -0.2) is 17.2 Å². The molecule has 0 spiro atoms. The number of carboxylic acids is 1. The molecule has 3 heteroatoms. The Bertz CT molecular complexity index is 126. The predicted molar refractivity (Wildman–Crippen MR) is 45.9 cm³/mol. The minimum atomic E-state index is -1.15. The molecule has 72 valence electrons. The molecule has 1 N–H and O–H groups in total. The third kappa shape index (κ3) is 7.51. The standard InChI is InChI=1S/C9H17FO2/c1-2-3-4-5-6-8(10)7-9(11)12/h8H,2-7H2,1H3,(H,11,12). The van der Waals surface area contributed by atoms with Crippen molar-refractivity contribution >= 4 is 5.97 Å². The van der Waals surface area contributed by atoms with Gasteiger partial charge in [-0.1, -0.05) is 32.6 Å². The minimum Gasteiger partial charge on any atom is -0.481 e. The zero-order valence-electron chi connectivity index (χ0n) is 7.55. The fourth-order valence-corrected chi connectivity index (χ4v) is 1.08. The van der Waals surface area contributed by atoms with Crippen LogP contribution >= 0.6 is 0 Å². The van der Waals surface area contributed by atoms with Crippen molar-refractivity contribution in [2.24, 2.45) is 0 Å². The molecule has 0 rings (SSSR count). The van der Waals surface area contributed by atoms with Crippen LogP contribution in [0.3, 0.4) is 0 Å². The lowest BCUT2D eigenvalue weighted by atomic mass is 10.1. The molecule has 0 amide bonds. The summed E-state index contributed by atoms with van der Waals surface area (Å²) in [4.78, 5) is 10.1. The minimum absolute atomic E-state index is 0.341. The van der Waals surface area contributed by atoms with Gasteiger partial charge in [0.05, 0.1) is 6.42 Å². The third-order valence-corrected chi connectivity index (χ3v) is 1.77. The van der Waals surface area contributed by atoms with Gasteiger partial charge in [-0.25, -0.2) is 4.39 Å². The van der Waals surface area contributed by atoms with Crippen LogP contribution < -0.4 is 0 Å². The summed E-state index contributed by atoms with van der Waals surface area (Å²) in [5.41, 5.74) is 0. The molecule has 0 saturated heterocycles. The Morgan fingerprint density at radius 1 is 1.42 bits per heavy atom. The third-order valence-electron chi connectivity index (χ3n) is 1.77. The van der Waals surface area contributed by atoms with E-state index in [0.717, 1.165) is 25.7 Å². The fraction of sp³-hybridized carbons (Fsp3) is 0.889. The van der Waals surface area contributed by atoms with Gasteiger partial charge < -0.3 is 5.11 Å². The lowest BCUT2D eigenvalue weighted by Gasteiger charge is -2.03. The van der Waals surface area contributed by atoms with Gasteiger partial charge in [-0.05, 0) is 6.42 Å². The summed E-state index contributed by atoms with van der Waals surface area (Å²) in [6.45, 7) is 2.09. The van der Waals surface area contributed by atoms with Gasteiger partial charge in [-0.15, -0.1) is 0 Å². The van der Waals surface area contributed by atoms with Gasteiger partial charge in [0.15, 0.2) is 0 Å². The zero-order valence-corrected chi connectivity index (χ0v) is 7.55. The van der Waals surface area contributed by atoms with E-state index >= 15 is 0 Å². The van der Waals surface area contributed by atoms with Crippen LogP contribution in [-0.2, 0) is 4.79 Å². The number of halogens is 1. The molecule has 0 radical (unpaired) electrons. The molecule has 0 bridgehead atoms. The average Bonchev–Trinajstić information content (AvgIpc) is 1.97. The van der Waals surface area contributed by atoms with Crippen molar-refractivity contribution in [2.75, 3.05) is 0 Å². The van der Waals surface area contributed by atoms with Crippen LogP contribution in [0.1, 0.15) is 45.4 Å². The van der Waals surface area contributed by atoms with Crippen molar-refractivity contribution in [2.45, 2.75) is 51.6 Å². The van der Waals surface area contributed by atoms with Crippen LogP contribution in [0.15, 0.2) is 0 Å². The molecule has 0 saturated carbocycles. The fourth-order valence-electron chi connectivity index (χ4n) is 1.08. The first-order valence-corrected chi connectivity index (χ1v) is 4.52. The number of unbranched alkanes of at least 4 members (excludes halogenated alkanes) is 3. The van der Waals surface area contributed by atoms with Crippen molar-refractivity contribution in [1.29, 1.82) is 0 Å². The molecule has 0 fully saturated rings. The van der Waals surface area contributed by atoms with Gasteiger partial charge in [0.25, 0.3) is 0 Å². The molecular formula is C9H17FO2. The monoisotopic (exact) mass is 176 g/mol. The average molecular weight is 176 g/mol. The second-order valence-corrected chi connectivity index (χ2v) is 3.04. The van der Waals surface area contributed by atoms with E-state index in [0.29, 0.717) is 6.42 Å². The topological polar surface area (TPSA) is 37.3 Å². The highest BCUT2D eigenvalue weighted by atomic mass is 19.1. The van der Waals surface area contributed by atoms with Crippen molar-refractivity contribution in [1.82, 2.24) is 0 Å². The smallest absolute Gasteiger partial charge is 0.306 e. The first-order valence-electron chi connectivity index (χ1n) is 4.52. The molecular weight excluding hydrogens is 159 g/mol. The van der Waals surface area contributed by atoms with E-state index in [1.54, 1.807) is 0 Å². The summed E-state index contributed by atoms with van der Waals surface area (Å²) in [5, 5.41) is 8.25. The summed E-state index contributed by atoms with van der Waals surface area (Å²) in [5.74, 6) is -1.04. The molecule has 0 aromatic rings. The number of hydrogen-bond donors (Lipinski definition) is 1. The van der Waals surface area contributed by atoms with E-state index in [9.17, 15) is 9.18 Å². The summed E-state index contributed by atoms with van der Waals surface area (Å²) in [6, 6.07) is 0. The Hall–Kier alpha value is -0.600. The number of rotatable bonds is 7. The highest BCUT2D eigenvalue weighted by Gasteiger charge is 2.10. The molecule has 0 heterocycles. The van der Waals surface area contributed by atoms with Gasteiger partial charge in [0.2, 0.25) is 0 Å². The molecule has 1 unspecified atom stereocenters. The summed E-state index contributed by atoms with van der Waals surface area (Å²) < 4.78 is 12.7. The molecule has 0 aliphatic heterocycles. The van der Waals surface area contributed by atoms with Crippen LogP contribution in [0.5, 0.6) is 0 Å². The Balaban J connectivity index is 3.19. The quantitative estimate of drug-likeness (QED) is 0.605. The Morgan fingerprint density at radius 3 is 2.58 bits per heavy atom. The van der Waals surface area contributed by atoms with Crippen molar-refractivity contribution in [3.63, 3.8) is 0 Å². The lowest BCUT2D eigenvalue weighted by molar-refractivity contribution is -0.138. The first-order chi connectivity index (χ1) is 5.66. The summed E-state index contributed by atoms with van der Waals surface area (Å²) >= 11 is 0. The van der Waals surface area contributed by atoms with Crippen molar-refractivity contribution in [3.05, 3.63) is 0 Å². The van der Waals surface area contributed by atoms with Crippen LogP contribution in [0, 0.1) is 0 Å². The zero-order chi connectivity index (χ0) is 9.40. The molecule has 2 nitrogen and oxygen atoms in total. The van der Waals surface area contributed by atoms with Gasteiger partial charge in [0.1, 0.15) is 6.17 Å². The van der Waals surface area contributed by atoms with Gasteiger partial charge in [-0.3, -0.25) is 4.79 Å². The highest BCUT2D eigenvalue weighted by molar-refractivity contribution is 5.67. The van der Waals surface area contributed by atoms with E-state index < -0.39 is 12.1 Å². The molecule has 0 aromatic heterocycles. The summed E-state index contributed by atoms with van der Waals surface area (Å²) in [6.07, 6.45) is 2.95. The second kappa shape index (κ2) is 7.07. The van der Waals surface area contributed by atoms with E-state index in [1.807, 2.05) is 0 Å². The van der Waals surface area contributed by atoms with Crippen molar-refractivity contribution < 1.29 is 14.3 Å².